The Morgan fingerprint density at radius 2 is 2.30 bits per heavy atom. The molecule has 1 rings (SSSR count). The molecule has 0 aliphatic heterocycles. The lowest BCUT2D eigenvalue weighted by atomic mass is 9.76. The smallest absolute Gasteiger partial charge is 0.338 e. The number of esters is 1. The molecule has 0 heterocycles. The van der Waals surface area contributed by atoms with E-state index in [0.29, 0.717) is 12.8 Å². The molecule has 0 radical (unpaired) electrons. The Balaban J connectivity index is 2.56. The van der Waals surface area contributed by atoms with Crippen LogP contribution < -0.4 is 0 Å². The summed E-state index contributed by atoms with van der Waals surface area (Å²) in [5, 5.41) is 9.31. The fourth-order valence-corrected chi connectivity index (χ4v) is 1.11. The predicted octanol–water partition coefficient (Wildman–Crippen LogP) is 0.240. The van der Waals surface area contributed by atoms with Crippen molar-refractivity contribution in [1.29, 1.82) is 0 Å². The van der Waals surface area contributed by atoms with E-state index in [4.69, 9.17) is 0 Å². The largest absolute Gasteiger partial charge is 0.467 e. The molecule has 1 aliphatic rings. The molecule has 1 saturated carbocycles. The van der Waals surface area contributed by atoms with Gasteiger partial charge in [-0.1, -0.05) is 12.2 Å². The highest BCUT2D eigenvalue weighted by Crippen LogP contribution is 2.36. The van der Waals surface area contributed by atoms with Crippen molar-refractivity contribution in [1.82, 2.24) is 0 Å². The third-order valence-electron chi connectivity index (χ3n) is 1.65. The standard InChI is InChI=1S/C7H10O3/c1-5-3-7(9,4-5)6(8)10-2/h9H,1,3-4H2,2H3. The first-order chi connectivity index (χ1) is 4.58. The van der Waals surface area contributed by atoms with Gasteiger partial charge >= 0.3 is 5.97 Å². The molecule has 10 heavy (non-hydrogen) atoms. The molecule has 0 bridgehead atoms. The average Bonchev–Trinajstić information content (AvgIpc) is 1.83. The Bertz CT molecular complexity index is 175. The summed E-state index contributed by atoms with van der Waals surface area (Å²) in [6.45, 7) is 3.60. The minimum Gasteiger partial charge on any atom is -0.467 e. The van der Waals surface area contributed by atoms with Crippen LogP contribution in [0.15, 0.2) is 12.2 Å². The Morgan fingerprint density at radius 3 is 2.60 bits per heavy atom. The Labute approximate surface area is 59.3 Å². The van der Waals surface area contributed by atoms with E-state index in [1.54, 1.807) is 0 Å². The number of ether oxygens (including phenoxy) is 1. The summed E-state index contributed by atoms with van der Waals surface area (Å²) >= 11 is 0. The van der Waals surface area contributed by atoms with Gasteiger partial charge in [-0.3, -0.25) is 0 Å². The second-order valence-corrected chi connectivity index (χ2v) is 2.63. The molecular formula is C7H10O3. The molecule has 0 aromatic carbocycles. The van der Waals surface area contributed by atoms with Crippen molar-refractivity contribution < 1.29 is 14.6 Å². The third kappa shape index (κ3) is 0.926. The minimum atomic E-state index is -1.26. The summed E-state index contributed by atoms with van der Waals surface area (Å²) < 4.78 is 4.38. The van der Waals surface area contributed by atoms with Crippen molar-refractivity contribution in [2.45, 2.75) is 18.4 Å². The van der Waals surface area contributed by atoms with E-state index in [-0.39, 0.29) is 0 Å². The normalized spacial score (nSPS) is 21.6. The van der Waals surface area contributed by atoms with Gasteiger partial charge in [0.25, 0.3) is 0 Å². The van der Waals surface area contributed by atoms with Gasteiger partial charge in [-0.2, -0.15) is 0 Å². The van der Waals surface area contributed by atoms with Crippen LogP contribution in [0.1, 0.15) is 12.8 Å². The van der Waals surface area contributed by atoms with E-state index >= 15 is 0 Å². The molecule has 3 heteroatoms. The highest BCUT2D eigenvalue weighted by Gasteiger charge is 2.45. The van der Waals surface area contributed by atoms with Crippen LogP contribution in [0, 0.1) is 0 Å². The van der Waals surface area contributed by atoms with E-state index in [1.807, 2.05) is 0 Å². The number of hydrogen-bond acceptors (Lipinski definition) is 3. The zero-order chi connectivity index (χ0) is 7.78. The first-order valence-electron chi connectivity index (χ1n) is 3.06. The van der Waals surface area contributed by atoms with Crippen LogP contribution in [0.4, 0.5) is 0 Å². The van der Waals surface area contributed by atoms with Crippen LogP contribution in [0.5, 0.6) is 0 Å². The maximum atomic E-state index is 10.7. The molecular weight excluding hydrogens is 132 g/mol. The average molecular weight is 142 g/mol. The molecule has 0 aromatic rings. The summed E-state index contributed by atoms with van der Waals surface area (Å²) in [7, 11) is 1.27. The van der Waals surface area contributed by atoms with Crippen LogP contribution in [-0.4, -0.2) is 23.8 Å². The summed E-state index contributed by atoms with van der Waals surface area (Å²) in [6.07, 6.45) is 0.694. The quantitative estimate of drug-likeness (QED) is 0.421. The van der Waals surface area contributed by atoms with Gasteiger partial charge in [-0.25, -0.2) is 4.79 Å². The zero-order valence-corrected chi connectivity index (χ0v) is 5.89. The SMILES string of the molecule is C=C1CC(O)(C(=O)OC)C1. The number of aliphatic hydroxyl groups is 1. The lowest BCUT2D eigenvalue weighted by Gasteiger charge is -2.35. The lowest BCUT2D eigenvalue weighted by Crippen LogP contribution is -2.47. The van der Waals surface area contributed by atoms with E-state index in [2.05, 4.69) is 11.3 Å². The van der Waals surface area contributed by atoms with Crippen molar-refractivity contribution in [3.8, 4) is 0 Å². The molecule has 1 N–H and O–H groups in total. The van der Waals surface area contributed by atoms with Crippen LogP contribution in [-0.2, 0) is 9.53 Å². The summed E-state index contributed by atoms with van der Waals surface area (Å²) in [5.41, 5.74) is -0.362. The van der Waals surface area contributed by atoms with Gasteiger partial charge in [0.15, 0.2) is 5.60 Å². The highest BCUT2D eigenvalue weighted by atomic mass is 16.5. The Hall–Kier alpha value is -0.830. The number of rotatable bonds is 1. The minimum absolute atomic E-state index is 0.347. The number of methoxy groups -OCH3 is 1. The van der Waals surface area contributed by atoms with E-state index < -0.39 is 11.6 Å². The molecule has 0 amide bonds. The molecule has 56 valence electrons. The molecule has 0 aromatic heterocycles. The third-order valence-corrected chi connectivity index (χ3v) is 1.65. The Kier molecular flexibility index (Phi) is 1.52. The monoisotopic (exact) mass is 142 g/mol. The second-order valence-electron chi connectivity index (χ2n) is 2.63. The molecule has 0 spiro atoms. The molecule has 0 unspecified atom stereocenters. The van der Waals surface area contributed by atoms with E-state index in [9.17, 15) is 9.90 Å². The van der Waals surface area contributed by atoms with Gasteiger partial charge in [0.1, 0.15) is 0 Å². The lowest BCUT2D eigenvalue weighted by molar-refractivity contribution is -0.166. The number of carbonyl (C=O) groups excluding carboxylic acids is 1. The van der Waals surface area contributed by atoms with Crippen molar-refractivity contribution in [2.24, 2.45) is 0 Å². The van der Waals surface area contributed by atoms with Crippen LogP contribution in [0.2, 0.25) is 0 Å². The Morgan fingerprint density at radius 1 is 1.80 bits per heavy atom. The van der Waals surface area contributed by atoms with Gasteiger partial charge < -0.3 is 9.84 Å². The first-order valence-corrected chi connectivity index (χ1v) is 3.06. The van der Waals surface area contributed by atoms with Crippen LogP contribution >= 0.6 is 0 Å². The van der Waals surface area contributed by atoms with Gasteiger partial charge in [-0.05, 0) is 0 Å². The zero-order valence-electron chi connectivity index (χ0n) is 5.89. The molecule has 0 atom stereocenters. The fraction of sp³-hybridized carbons (Fsp3) is 0.571. The molecule has 1 fully saturated rings. The van der Waals surface area contributed by atoms with E-state index in [1.165, 1.54) is 7.11 Å². The van der Waals surface area contributed by atoms with E-state index in [0.717, 1.165) is 5.57 Å². The molecule has 3 nitrogen and oxygen atoms in total. The maximum absolute atomic E-state index is 10.7. The van der Waals surface area contributed by atoms with Crippen molar-refractivity contribution in [3.05, 3.63) is 12.2 Å². The topological polar surface area (TPSA) is 46.5 Å². The summed E-state index contributed by atoms with van der Waals surface area (Å²) in [4.78, 5) is 10.7. The summed E-state index contributed by atoms with van der Waals surface area (Å²) in [6, 6.07) is 0. The maximum Gasteiger partial charge on any atom is 0.338 e. The number of hydrogen-bond donors (Lipinski definition) is 1. The second kappa shape index (κ2) is 2.09. The molecule has 1 aliphatic carbocycles. The van der Waals surface area contributed by atoms with Gasteiger partial charge in [0.2, 0.25) is 0 Å². The summed E-state index contributed by atoms with van der Waals surface area (Å²) in [5.74, 6) is -0.556. The fourth-order valence-electron chi connectivity index (χ4n) is 1.11. The van der Waals surface area contributed by atoms with Gasteiger partial charge in [-0.15, -0.1) is 0 Å². The van der Waals surface area contributed by atoms with Crippen LogP contribution in [0.3, 0.4) is 0 Å². The van der Waals surface area contributed by atoms with Gasteiger partial charge in [0, 0.05) is 12.8 Å². The van der Waals surface area contributed by atoms with Crippen molar-refractivity contribution in [3.63, 3.8) is 0 Å². The highest BCUT2D eigenvalue weighted by molar-refractivity contribution is 5.82. The first kappa shape index (κ1) is 7.28. The van der Waals surface area contributed by atoms with Crippen molar-refractivity contribution >= 4 is 5.97 Å². The predicted molar refractivity (Wildman–Crippen MR) is 35.3 cm³/mol. The van der Waals surface area contributed by atoms with Crippen LogP contribution in [0.25, 0.3) is 0 Å². The van der Waals surface area contributed by atoms with Crippen molar-refractivity contribution in [2.75, 3.05) is 7.11 Å². The number of carbonyl (C=O) groups is 1. The van der Waals surface area contributed by atoms with Gasteiger partial charge in [0.05, 0.1) is 7.11 Å². The molecule has 0 saturated heterocycles.